The van der Waals surface area contributed by atoms with Crippen LogP contribution in [0.4, 0.5) is 11.5 Å². The predicted molar refractivity (Wildman–Crippen MR) is 105 cm³/mol. The normalized spacial score (nSPS) is 10.8. The zero-order valence-electron chi connectivity index (χ0n) is 14.4. The van der Waals surface area contributed by atoms with Crippen LogP contribution in [0.5, 0.6) is 0 Å². The number of aromatic nitrogens is 3. The second kappa shape index (κ2) is 7.25. The van der Waals surface area contributed by atoms with E-state index in [1.54, 1.807) is 18.2 Å². The highest BCUT2D eigenvalue weighted by molar-refractivity contribution is 5.79. The zero-order valence-corrected chi connectivity index (χ0v) is 14.4. The number of nitrogens with zero attached hydrogens (tertiary/aromatic N) is 4. The van der Waals surface area contributed by atoms with Crippen molar-refractivity contribution in [2.24, 2.45) is 0 Å². The Hall–Kier alpha value is -3.74. The molecular formula is C20H17N5O2. The lowest BCUT2D eigenvalue weighted by Crippen LogP contribution is -2.11. The van der Waals surface area contributed by atoms with E-state index < -0.39 is 4.92 Å². The van der Waals surface area contributed by atoms with Gasteiger partial charge < -0.3 is 9.88 Å². The summed E-state index contributed by atoms with van der Waals surface area (Å²) >= 11 is 0. The van der Waals surface area contributed by atoms with Crippen molar-refractivity contribution in [2.75, 3.05) is 11.9 Å². The molecule has 0 unspecified atom stereocenters. The number of nitrogens with one attached hydrogen (secondary N) is 1. The Morgan fingerprint density at radius 3 is 2.70 bits per heavy atom. The van der Waals surface area contributed by atoms with Crippen LogP contribution in [0.15, 0.2) is 72.9 Å². The molecule has 0 saturated heterocycles. The number of fused-ring (bicyclic) bond motifs is 1. The summed E-state index contributed by atoms with van der Waals surface area (Å²) in [4.78, 5) is 10.5. The first-order valence-electron chi connectivity index (χ1n) is 8.57. The fraction of sp³-hybridized carbons (Fsp3) is 0.100. The summed E-state index contributed by atoms with van der Waals surface area (Å²) in [7, 11) is 0. The first kappa shape index (κ1) is 16.7. The zero-order chi connectivity index (χ0) is 18.6. The smallest absolute Gasteiger partial charge is 0.270 e. The number of non-ortho nitro benzene ring substituents is 1. The van der Waals surface area contributed by atoms with Gasteiger partial charge >= 0.3 is 0 Å². The van der Waals surface area contributed by atoms with Gasteiger partial charge in [0.2, 0.25) is 0 Å². The quantitative estimate of drug-likeness (QED) is 0.413. The van der Waals surface area contributed by atoms with Gasteiger partial charge in [-0.05, 0) is 29.7 Å². The van der Waals surface area contributed by atoms with Crippen LogP contribution in [0.25, 0.3) is 22.2 Å². The summed E-state index contributed by atoms with van der Waals surface area (Å²) in [6.07, 6.45) is 2.07. The number of hydrogen-bond acceptors (Lipinski definition) is 5. The largest absolute Gasteiger partial charge is 0.367 e. The van der Waals surface area contributed by atoms with E-state index >= 15 is 0 Å². The van der Waals surface area contributed by atoms with Crippen molar-refractivity contribution < 1.29 is 4.92 Å². The fourth-order valence-electron chi connectivity index (χ4n) is 3.00. The van der Waals surface area contributed by atoms with Crippen molar-refractivity contribution in [3.63, 3.8) is 0 Å². The van der Waals surface area contributed by atoms with Gasteiger partial charge in [-0.3, -0.25) is 10.1 Å². The Labute approximate surface area is 155 Å². The fourth-order valence-corrected chi connectivity index (χ4v) is 3.00. The highest BCUT2D eigenvalue weighted by Gasteiger charge is 2.08. The Kier molecular flexibility index (Phi) is 4.49. The number of nitro benzene ring substituents is 1. The second-order valence-corrected chi connectivity index (χ2v) is 6.11. The molecule has 134 valence electrons. The maximum atomic E-state index is 10.9. The van der Waals surface area contributed by atoms with Crippen LogP contribution in [-0.2, 0) is 6.54 Å². The first-order chi connectivity index (χ1) is 13.2. The molecule has 2 aromatic heterocycles. The number of anilines is 1. The molecule has 4 rings (SSSR count). The molecule has 0 radical (unpaired) electrons. The van der Waals surface area contributed by atoms with E-state index in [1.165, 1.54) is 23.0 Å². The molecule has 0 bridgehead atoms. The highest BCUT2D eigenvalue weighted by Crippen LogP contribution is 2.22. The standard InChI is InChI=1S/C20H17N5O2/c26-25(27)17-6-3-5-16(14-17)18-8-9-20(23-22-18)21-11-13-24-12-10-15-4-1-2-7-19(15)24/h1-10,12,14H,11,13H2,(H,21,23). The minimum atomic E-state index is -0.419. The molecule has 0 spiro atoms. The van der Waals surface area contributed by atoms with Crippen LogP contribution in [0.3, 0.4) is 0 Å². The lowest BCUT2D eigenvalue weighted by atomic mass is 10.1. The molecule has 1 N–H and O–H groups in total. The van der Waals surface area contributed by atoms with Gasteiger partial charge in [0.05, 0.1) is 10.6 Å². The lowest BCUT2D eigenvalue weighted by Gasteiger charge is -2.08. The van der Waals surface area contributed by atoms with Gasteiger partial charge in [-0.2, -0.15) is 0 Å². The van der Waals surface area contributed by atoms with E-state index in [2.05, 4.69) is 44.5 Å². The van der Waals surface area contributed by atoms with E-state index in [-0.39, 0.29) is 5.69 Å². The van der Waals surface area contributed by atoms with Gasteiger partial charge in [-0.15, -0.1) is 10.2 Å². The monoisotopic (exact) mass is 359 g/mol. The molecule has 0 aliphatic heterocycles. The number of nitro groups is 1. The third-order valence-corrected chi connectivity index (χ3v) is 4.36. The van der Waals surface area contributed by atoms with Crippen molar-refractivity contribution in [1.29, 1.82) is 0 Å². The highest BCUT2D eigenvalue weighted by atomic mass is 16.6. The number of rotatable bonds is 6. The average Bonchev–Trinajstić information content (AvgIpc) is 3.12. The molecular weight excluding hydrogens is 342 g/mol. The van der Waals surface area contributed by atoms with Crippen molar-refractivity contribution in [3.05, 3.63) is 83.0 Å². The summed E-state index contributed by atoms with van der Waals surface area (Å²) in [5, 5.41) is 23.7. The Bertz CT molecular complexity index is 1090. The van der Waals surface area contributed by atoms with Crippen LogP contribution < -0.4 is 5.32 Å². The molecule has 0 atom stereocenters. The summed E-state index contributed by atoms with van der Waals surface area (Å²) in [6.45, 7) is 1.52. The van der Waals surface area contributed by atoms with Crippen LogP contribution >= 0.6 is 0 Å². The molecule has 27 heavy (non-hydrogen) atoms. The van der Waals surface area contributed by atoms with Crippen LogP contribution in [0, 0.1) is 10.1 Å². The summed E-state index contributed by atoms with van der Waals surface area (Å²) < 4.78 is 2.19. The van der Waals surface area contributed by atoms with E-state index in [0.29, 0.717) is 23.6 Å². The van der Waals surface area contributed by atoms with Crippen LogP contribution in [0.1, 0.15) is 0 Å². The molecule has 7 heteroatoms. The van der Waals surface area contributed by atoms with Crippen molar-refractivity contribution in [2.45, 2.75) is 6.54 Å². The molecule has 4 aromatic rings. The van der Waals surface area contributed by atoms with Crippen molar-refractivity contribution in [1.82, 2.24) is 14.8 Å². The maximum Gasteiger partial charge on any atom is 0.270 e. The van der Waals surface area contributed by atoms with E-state index in [0.717, 1.165) is 6.54 Å². The van der Waals surface area contributed by atoms with Gasteiger partial charge in [0.15, 0.2) is 0 Å². The first-order valence-corrected chi connectivity index (χ1v) is 8.57. The molecule has 2 heterocycles. The third kappa shape index (κ3) is 3.62. The summed E-state index contributed by atoms with van der Waals surface area (Å²) in [5.74, 6) is 0.667. The number of benzene rings is 2. The lowest BCUT2D eigenvalue weighted by molar-refractivity contribution is -0.384. The second-order valence-electron chi connectivity index (χ2n) is 6.11. The number of hydrogen-bond donors (Lipinski definition) is 1. The topological polar surface area (TPSA) is 85.9 Å². The van der Waals surface area contributed by atoms with Gasteiger partial charge in [0.25, 0.3) is 5.69 Å². The molecule has 0 fully saturated rings. The summed E-state index contributed by atoms with van der Waals surface area (Å²) in [6, 6.07) is 20.4. The van der Waals surface area contributed by atoms with E-state index in [4.69, 9.17) is 0 Å². The Morgan fingerprint density at radius 1 is 1.00 bits per heavy atom. The SMILES string of the molecule is O=[N+]([O-])c1cccc(-c2ccc(NCCn3ccc4ccccc43)nn2)c1. The van der Waals surface area contributed by atoms with Gasteiger partial charge in [-0.1, -0.05) is 30.3 Å². The van der Waals surface area contributed by atoms with E-state index in [9.17, 15) is 10.1 Å². The van der Waals surface area contributed by atoms with E-state index in [1.807, 2.05) is 18.2 Å². The molecule has 0 aliphatic rings. The van der Waals surface area contributed by atoms with Gasteiger partial charge in [0.1, 0.15) is 5.82 Å². The Morgan fingerprint density at radius 2 is 1.89 bits per heavy atom. The van der Waals surface area contributed by atoms with Gasteiger partial charge in [-0.25, -0.2) is 0 Å². The molecule has 0 aliphatic carbocycles. The minimum absolute atomic E-state index is 0.0375. The molecule has 7 nitrogen and oxygen atoms in total. The minimum Gasteiger partial charge on any atom is -0.367 e. The molecule has 2 aromatic carbocycles. The average molecular weight is 359 g/mol. The van der Waals surface area contributed by atoms with Crippen LogP contribution in [0.2, 0.25) is 0 Å². The van der Waals surface area contributed by atoms with Crippen molar-refractivity contribution >= 4 is 22.4 Å². The molecule has 0 saturated carbocycles. The number of para-hydroxylation sites is 1. The van der Waals surface area contributed by atoms with Crippen molar-refractivity contribution in [3.8, 4) is 11.3 Å². The van der Waals surface area contributed by atoms with Gasteiger partial charge in [0, 0.05) is 42.5 Å². The summed E-state index contributed by atoms with van der Waals surface area (Å²) in [5.41, 5.74) is 2.50. The maximum absolute atomic E-state index is 10.9. The predicted octanol–water partition coefficient (Wildman–Crippen LogP) is 4.12. The van der Waals surface area contributed by atoms with Crippen LogP contribution in [-0.4, -0.2) is 26.2 Å². The Balaban J connectivity index is 1.41. The molecule has 0 amide bonds. The third-order valence-electron chi connectivity index (χ3n) is 4.36.